The second-order valence-electron chi connectivity index (χ2n) is 4.76. The zero-order chi connectivity index (χ0) is 15.2. The first-order chi connectivity index (χ1) is 10.1. The summed E-state index contributed by atoms with van der Waals surface area (Å²) in [7, 11) is 0. The highest BCUT2D eigenvalue weighted by molar-refractivity contribution is 5.70. The van der Waals surface area contributed by atoms with Crippen LogP contribution in [0.25, 0.3) is 0 Å². The smallest absolute Gasteiger partial charge is 0.308 e. The maximum atomic E-state index is 11.3. The molecule has 1 heterocycles. The van der Waals surface area contributed by atoms with Crippen molar-refractivity contribution in [1.82, 2.24) is 0 Å². The average Bonchev–Trinajstić information content (AvgIpc) is 3.01. The predicted molar refractivity (Wildman–Crippen MR) is 73.3 cm³/mol. The van der Waals surface area contributed by atoms with E-state index in [4.69, 9.17) is 14.2 Å². The normalized spacial score (nSPS) is 18.4. The summed E-state index contributed by atoms with van der Waals surface area (Å²) in [5.74, 6) is -0.534. The van der Waals surface area contributed by atoms with Crippen molar-refractivity contribution >= 4 is 5.97 Å². The van der Waals surface area contributed by atoms with Gasteiger partial charge in [-0.2, -0.15) is 0 Å². The fourth-order valence-electron chi connectivity index (χ4n) is 2.13. The van der Waals surface area contributed by atoms with Crippen LogP contribution in [0.15, 0.2) is 24.3 Å². The van der Waals surface area contributed by atoms with E-state index in [-0.39, 0.29) is 19.3 Å². The van der Waals surface area contributed by atoms with Crippen LogP contribution >= 0.6 is 0 Å². The van der Waals surface area contributed by atoms with Crippen LogP contribution in [-0.2, 0) is 19.0 Å². The molecule has 1 aromatic carbocycles. The highest BCUT2D eigenvalue weighted by atomic mass is 16.7. The lowest BCUT2D eigenvalue weighted by molar-refractivity contribution is -0.147. The van der Waals surface area contributed by atoms with Gasteiger partial charge in [0.25, 0.3) is 0 Å². The van der Waals surface area contributed by atoms with Crippen molar-refractivity contribution in [3.63, 3.8) is 0 Å². The number of carbonyl (C=O) groups is 1. The summed E-state index contributed by atoms with van der Waals surface area (Å²) in [6, 6.07) is 6.90. The Morgan fingerprint density at radius 2 is 1.90 bits per heavy atom. The SMILES string of the molecule is CCOC(=O)CC(O)C(O)c1ccc(C2OCCO2)cc1. The molecule has 2 unspecified atom stereocenters. The second-order valence-corrected chi connectivity index (χ2v) is 4.76. The molecule has 116 valence electrons. The van der Waals surface area contributed by atoms with Gasteiger partial charge in [0.1, 0.15) is 6.10 Å². The van der Waals surface area contributed by atoms with E-state index in [9.17, 15) is 15.0 Å². The summed E-state index contributed by atoms with van der Waals surface area (Å²) in [6.45, 7) is 3.06. The minimum atomic E-state index is -1.20. The summed E-state index contributed by atoms with van der Waals surface area (Å²) in [5.41, 5.74) is 1.37. The van der Waals surface area contributed by atoms with E-state index >= 15 is 0 Å². The number of ether oxygens (including phenoxy) is 3. The van der Waals surface area contributed by atoms with Gasteiger partial charge in [0, 0.05) is 5.56 Å². The third kappa shape index (κ3) is 4.25. The molecule has 0 radical (unpaired) electrons. The van der Waals surface area contributed by atoms with Crippen molar-refractivity contribution in [1.29, 1.82) is 0 Å². The number of rotatable bonds is 6. The van der Waals surface area contributed by atoms with Crippen LogP contribution in [0.3, 0.4) is 0 Å². The first-order valence-corrected chi connectivity index (χ1v) is 6.96. The lowest BCUT2D eigenvalue weighted by Gasteiger charge is -2.18. The van der Waals surface area contributed by atoms with Gasteiger partial charge in [0.05, 0.1) is 32.3 Å². The molecule has 2 rings (SSSR count). The molecule has 1 aromatic rings. The van der Waals surface area contributed by atoms with Crippen LogP contribution < -0.4 is 0 Å². The molecule has 1 aliphatic heterocycles. The molecule has 2 atom stereocenters. The first-order valence-electron chi connectivity index (χ1n) is 6.96. The Morgan fingerprint density at radius 3 is 2.48 bits per heavy atom. The third-order valence-electron chi connectivity index (χ3n) is 3.22. The molecule has 0 saturated carbocycles. The van der Waals surface area contributed by atoms with Crippen LogP contribution in [-0.4, -0.2) is 42.1 Å². The summed E-state index contributed by atoms with van der Waals surface area (Å²) in [6.07, 6.45) is -2.96. The van der Waals surface area contributed by atoms with Crippen molar-refractivity contribution in [3.05, 3.63) is 35.4 Å². The number of carbonyl (C=O) groups excluding carboxylic acids is 1. The van der Waals surface area contributed by atoms with Crippen LogP contribution in [0.2, 0.25) is 0 Å². The number of esters is 1. The molecule has 6 heteroatoms. The van der Waals surface area contributed by atoms with Gasteiger partial charge in [-0.05, 0) is 12.5 Å². The lowest BCUT2D eigenvalue weighted by atomic mass is 10.0. The van der Waals surface area contributed by atoms with Gasteiger partial charge in [0.2, 0.25) is 0 Å². The van der Waals surface area contributed by atoms with E-state index in [1.807, 2.05) is 0 Å². The van der Waals surface area contributed by atoms with E-state index in [0.29, 0.717) is 18.8 Å². The number of aliphatic hydroxyl groups excluding tert-OH is 2. The predicted octanol–water partition coefficient (Wildman–Crippen LogP) is 1.08. The Hall–Kier alpha value is -1.47. The Morgan fingerprint density at radius 1 is 1.29 bits per heavy atom. The number of aliphatic hydroxyl groups is 2. The minimum Gasteiger partial charge on any atom is -0.466 e. The Bertz CT molecular complexity index is 452. The molecule has 6 nitrogen and oxygen atoms in total. The molecule has 21 heavy (non-hydrogen) atoms. The summed E-state index contributed by atoms with van der Waals surface area (Å²) >= 11 is 0. The molecule has 2 N–H and O–H groups in total. The Labute approximate surface area is 123 Å². The van der Waals surface area contributed by atoms with Crippen molar-refractivity contribution in [3.8, 4) is 0 Å². The summed E-state index contributed by atoms with van der Waals surface area (Å²) in [5, 5.41) is 19.9. The molecular formula is C15H20O6. The van der Waals surface area contributed by atoms with Gasteiger partial charge < -0.3 is 24.4 Å². The van der Waals surface area contributed by atoms with E-state index in [1.54, 1.807) is 31.2 Å². The largest absolute Gasteiger partial charge is 0.466 e. The van der Waals surface area contributed by atoms with Gasteiger partial charge in [-0.1, -0.05) is 24.3 Å². The number of hydrogen-bond acceptors (Lipinski definition) is 6. The first kappa shape index (κ1) is 15.9. The van der Waals surface area contributed by atoms with Gasteiger partial charge in [-0.25, -0.2) is 0 Å². The second kappa shape index (κ2) is 7.51. The fourth-order valence-corrected chi connectivity index (χ4v) is 2.13. The van der Waals surface area contributed by atoms with Crippen molar-refractivity contribution in [2.24, 2.45) is 0 Å². The molecule has 0 aliphatic carbocycles. The van der Waals surface area contributed by atoms with E-state index in [0.717, 1.165) is 5.56 Å². The third-order valence-corrected chi connectivity index (χ3v) is 3.22. The zero-order valence-corrected chi connectivity index (χ0v) is 11.9. The molecule has 0 aromatic heterocycles. The molecule has 0 bridgehead atoms. The van der Waals surface area contributed by atoms with E-state index in [1.165, 1.54) is 0 Å². The zero-order valence-electron chi connectivity index (χ0n) is 11.9. The van der Waals surface area contributed by atoms with Crippen molar-refractivity contribution in [2.45, 2.75) is 31.8 Å². The highest BCUT2D eigenvalue weighted by Crippen LogP contribution is 2.26. The number of hydrogen-bond donors (Lipinski definition) is 2. The van der Waals surface area contributed by atoms with Gasteiger partial charge >= 0.3 is 5.97 Å². The molecule has 0 amide bonds. The maximum absolute atomic E-state index is 11.3. The van der Waals surface area contributed by atoms with E-state index < -0.39 is 18.2 Å². The van der Waals surface area contributed by atoms with Crippen LogP contribution in [0, 0.1) is 0 Å². The molecule has 1 aliphatic rings. The molecule has 1 fully saturated rings. The topological polar surface area (TPSA) is 85.2 Å². The van der Waals surface area contributed by atoms with Crippen LogP contribution in [0.4, 0.5) is 0 Å². The van der Waals surface area contributed by atoms with Gasteiger partial charge in [0.15, 0.2) is 6.29 Å². The van der Waals surface area contributed by atoms with Gasteiger partial charge in [-0.15, -0.1) is 0 Å². The average molecular weight is 296 g/mol. The maximum Gasteiger partial charge on any atom is 0.308 e. The number of benzene rings is 1. The fraction of sp³-hybridized carbons (Fsp3) is 0.533. The molecule has 0 spiro atoms. The van der Waals surface area contributed by atoms with Crippen molar-refractivity contribution in [2.75, 3.05) is 19.8 Å². The molecule has 1 saturated heterocycles. The van der Waals surface area contributed by atoms with Crippen molar-refractivity contribution < 1.29 is 29.2 Å². The standard InChI is InChI=1S/C15H20O6/c1-2-19-13(17)9-12(16)14(18)10-3-5-11(6-4-10)15-20-7-8-21-15/h3-6,12,14-16,18H,2,7-9H2,1H3. The van der Waals surface area contributed by atoms with E-state index in [2.05, 4.69) is 0 Å². The lowest BCUT2D eigenvalue weighted by Crippen LogP contribution is -2.23. The Kier molecular flexibility index (Phi) is 5.69. The van der Waals surface area contributed by atoms with Crippen LogP contribution in [0.1, 0.15) is 36.9 Å². The molecular weight excluding hydrogens is 276 g/mol. The summed E-state index contributed by atoms with van der Waals surface area (Å²) in [4.78, 5) is 11.3. The van der Waals surface area contributed by atoms with Gasteiger partial charge in [-0.3, -0.25) is 4.79 Å². The quantitative estimate of drug-likeness (QED) is 0.764. The Balaban J connectivity index is 1.95. The summed E-state index contributed by atoms with van der Waals surface area (Å²) < 4.78 is 15.5. The monoisotopic (exact) mass is 296 g/mol. The van der Waals surface area contributed by atoms with Crippen LogP contribution in [0.5, 0.6) is 0 Å². The minimum absolute atomic E-state index is 0.244. The highest BCUT2D eigenvalue weighted by Gasteiger charge is 2.23.